The van der Waals surface area contributed by atoms with E-state index < -0.39 is 5.56 Å². The van der Waals surface area contributed by atoms with Crippen LogP contribution in [-0.2, 0) is 0 Å². The van der Waals surface area contributed by atoms with Gasteiger partial charge in [-0.3, -0.25) is 14.6 Å². The Morgan fingerprint density at radius 1 is 1.00 bits per heavy atom. The van der Waals surface area contributed by atoms with Gasteiger partial charge in [0.1, 0.15) is 0 Å². The van der Waals surface area contributed by atoms with Gasteiger partial charge in [-0.15, -0.1) is 0 Å². The Kier molecular flexibility index (Phi) is 4.87. The van der Waals surface area contributed by atoms with Crippen molar-refractivity contribution in [1.82, 2.24) is 9.97 Å². The van der Waals surface area contributed by atoms with Crippen LogP contribution in [0.1, 0.15) is 15.9 Å². The number of hydrogen-bond donors (Lipinski definition) is 1. The lowest BCUT2D eigenvalue weighted by molar-refractivity contribution is 0.104. The van der Waals surface area contributed by atoms with Gasteiger partial charge >= 0.3 is 0 Å². The number of hydrogen-bond acceptors (Lipinski definition) is 3. The van der Waals surface area contributed by atoms with Crippen LogP contribution in [0.2, 0.25) is 5.02 Å². The van der Waals surface area contributed by atoms with Gasteiger partial charge in [-0.05, 0) is 47.5 Å². The van der Waals surface area contributed by atoms with Crippen LogP contribution in [0, 0.1) is 0 Å². The predicted octanol–water partition coefficient (Wildman–Crippen LogP) is 5.14. The maximum atomic E-state index is 13.0. The summed E-state index contributed by atoms with van der Waals surface area (Å²) in [6, 6.07) is 18.2. The summed E-state index contributed by atoms with van der Waals surface area (Å²) in [5.41, 5.74) is 2.46. The van der Waals surface area contributed by atoms with Crippen LogP contribution in [0.25, 0.3) is 28.1 Å². The molecule has 0 amide bonds. The van der Waals surface area contributed by atoms with Crippen molar-refractivity contribution >= 4 is 34.4 Å². The van der Waals surface area contributed by atoms with Gasteiger partial charge in [-0.25, -0.2) is 0 Å². The summed E-state index contributed by atoms with van der Waals surface area (Å²) in [4.78, 5) is 32.6. The van der Waals surface area contributed by atoms with E-state index in [-0.39, 0.29) is 11.3 Å². The number of carbonyl (C=O) groups excluding carboxylic acids is 1. The number of aromatic nitrogens is 2. The average Bonchev–Trinajstić information content (AvgIpc) is 2.73. The van der Waals surface area contributed by atoms with Crippen LogP contribution in [0.3, 0.4) is 0 Å². The number of allylic oxidation sites excluding steroid dienone is 1. The Hall–Kier alpha value is -3.50. The van der Waals surface area contributed by atoms with Crippen molar-refractivity contribution in [3.63, 3.8) is 0 Å². The summed E-state index contributed by atoms with van der Waals surface area (Å²) < 4.78 is 0. The molecule has 4 rings (SSSR count). The highest BCUT2D eigenvalue weighted by Crippen LogP contribution is 2.31. The number of rotatable bonds is 4. The number of nitrogens with one attached hydrogen (secondary N) is 1. The van der Waals surface area contributed by atoms with E-state index in [1.54, 1.807) is 48.8 Å². The fourth-order valence-corrected chi connectivity index (χ4v) is 3.31. The second-order valence-electron chi connectivity index (χ2n) is 6.24. The van der Waals surface area contributed by atoms with Gasteiger partial charge in [0.25, 0.3) is 5.56 Å². The van der Waals surface area contributed by atoms with Crippen molar-refractivity contribution in [1.29, 1.82) is 0 Å². The lowest BCUT2D eigenvalue weighted by Gasteiger charge is -2.11. The molecule has 0 saturated carbocycles. The fourth-order valence-electron chi connectivity index (χ4n) is 3.13. The molecule has 0 saturated heterocycles. The minimum Gasteiger partial charge on any atom is -0.321 e. The van der Waals surface area contributed by atoms with E-state index >= 15 is 0 Å². The number of aromatic amines is 1. The van der Waals surface area contributed by atoms with Gasteiger partial charge in [0.15, 0.2) is 5.78 Å². The Morgan fingerprint density at radius 2 is 1.75 bits per heavy atom. The van der Waals surface area contributed by atoms with E-state index in [1.165, 1.54) is 6.08 Å². The lowest BCUT2D eigenvalue weighted by Crippen LogP contribution is -2.18. The SMILES string of the molecule is O=C(C=Cc1ccncc1)c1c(-c2ccccc2)c2cc(Cl)ccc2[nH]c1=O. The summed E-state index contributed by atoms with van der Waals surface area (Å²) in [7, 11) is 0. The summed E-state index contributed by atoms with van der Waals surface area (Å²) >= 11 is 6.19. The number of halogens is 1. The van der Waals surface area contributed by atoms with Crippen LogP contribution < -0.4 is 5.56 Å². The molecule has 5 heteroatoms. The van der Waals surface area contributed by atoms with E-state index in [0.717, 1.165) is 16.5 Å². The zero-order valence-electron chi connectivity index (χ0n) is 14.7. The van der Waals surface area contributed by atoms with Gasteiger partial charge in [0, 0.05) is 33.9 Å². The monoisotopic (exact) mass is 386 g/mol. The van der Waals surface area contributed by atoms with E-state index in [2.05, 4.69) is 9.97 Å². The molecule has 0 bridgehead atoms. The lowest BCUT2D eigenvalue weighted by atomic mass is 9.94. The number of benzene rings is 2. The molecule has 2 aromatic heterocycles. The Labute approximate surface area is 166 Å². The molecule has 1 N–H and O–H groups in total. The van der Waals surface area contributed by atoms with E-state index in [9.17, 15) is 9.59 Å². The third kappa shape index (κ3) is 3.50. The Balaban J connectivity index is 1.95. The minimum atomic E-state index is -0.432. The second kappa shape index (κ2) is 7.62. The van der Waals surface area contributed by atoms with Crippen molar-refractivity contribution < 1.29 is 4.79 Å². The summed E-state index contributed by atoms with van der Waals surface area (Å²) in [5, 5.41) is 1.25. The molecule has 136 valence electrons. The van der Waals surface area contributed by atoms with Gasteiger partial charge < -0.3 is 4.98 Å². The first-order valence-corrected chi connectivity index (χ1v) is 9.05. The van der Waals surface area contributed by atoms with Crippen molar-refractivity contribution in [2.24, 2.45) is 0 Å². The summed E-state index contributed by atoms with van der Waals surface area (Å²) in [5.74, 6) is -0.376. The zero-order chi connectivity index (χ0) is 19.5. The van der Waals surface area contributed by atoms with Crippen LogP contribution in [-0.4, -0.2) is 15.8 Å². The molecule has 0 fully saturated rings. The number of fused-ring (bicyclic) bond motifs is 1. The normalized spacial score (nSPS) is 11.2. The first kappa shape index (κ1) is 17.9. The third-order valence-electron chi connectivity index (χ3n) is 4.42. The maximum Gasteiger partial charge on any atom is 0.260 e. The third-order valence-corrected chi connectivity index (χ3v) is 4.65. The molecule has 2 aromatic carbocycles. The fraction of sp³-hybridized carbons (Fsp3) is 0. The largest absolute Gasteiger partial charge is 0.321 e. The van der Waals surface area contributed by atoms with Crippen molar-refractivity contribution in [2.45, 2.75) is 0 Å². The highest BCUT2D eigenvalue weighted by molar-refractivity contribution is 6.31. The number of H-pyrrole nitrogens is 1. The summed E-state index contributed by atoms with van der Waals surface area (Å²) in [6.07, 6.45) is 6.36. The van der Waals surface area contributed by atoms with Crippen molar-refractivity contribution in [3.8, 4) is 11.1 Å². The number of nitrogens with zero attached hydrogens (tertiary/aromatic N) is 1. The molecule has 28 heavy (non-hydrogen) atoms. The van der Waals surface area contributed by atoms with Crippen molar-refractivity contribution in [3.05, 3.63) is 106 Å². The van der Waals surface area contributed by atoms with Gasteiger partial charge in [0.2, 0.25) is 0 Å². The minimum absolute atomic E-state index is 0.0891. The molecule has 0 aliphatic carbocycles. The van der Waals surface area contributed by atoms with E-state index in [1.807, 2.05) is 30.3 Å². The van der Waals surface area contributed by atoms with Gasteiger partial charge in [-0.1, -0.05) is 48.0 Å². The molecule has 0 unspecified atom stereocenters. The topological polar surface area (TPSA) is 62.8 Å². The number of carbonyl (C=O) groups is 1. The Morgan fingerprint density at radius 3 is 2.50 bits per heavy atom. The highest BCUT2D eigenvalue weighted by Gasteiger charge is 2.19. The van der Waals surface area contributed by atoms with Crippen LogP contribution in [0.4, 0.5) is 0 Å². The predicted molar refractivity (Wildman–Crippen MR) is 113 cm³/mol. The van der Waals surface area contributed by atoms with Crippen LogP contribution in [0.5, 0.6) is 0 Å². The molecule has 0 aliphatic heterocycles. The zero-order valence-corrected chi connectivity index (χ0v) is 15.5. The highest BCUT2D eigenvalue weighted by atomic mass is 35.5. The smallest absolute Gasteiger partial charge is 0.260 e. The quantitative estimate of drug-likeness (QED) is 0.390. The molecule has 0 spiro atoms. The number of ketones is 1. The molecular weight excluding hydrogens is 372 g/mol. The standard InChI is InChI=1S/C23H15ClN2O2/c24-17-7-8-19-18(14-17)21(16-4-2-1-3-5-16)22(23(28)26-19)20(27)9-6-15-10-12-25-13-11-15/h1-14H,(H,26,28). The molecule has 4 aromatic rings. The van der Waals surface area contributed by atoms with Crippen molar-refractivity contribution in [2.75, 3.05) is 0 Å². The van der Waals surface area contributed by atoms with Crippen LogP contribution >= 0.6 is 11.6 Å². The molecule has 0 radical (unpaired) electrons. The van der Waals surface area contributed by atoms with E-state index in [0.29, 0.717) is 16.1 Å². The first-order valence-electron chi connectivity index (χ1n) is 8.67. The Bertz CT molecular complexity index is 1250. The molecule has 0 atom stereocenters. The number of pyridine rings is 2. The van der Waals surface area contributed by atoms with Gasteiger partial charge in [-0.2, -0.15) is 0 Å². The van der Waals surface area contributed by atoms with Crippen LogP contribution in [0.15, 0.2) is 83.9 Å². The van der Waals surface area contributed by atoms with E-state index in [4.69, 9.17) is 11.6 Å². The van der Waals surface area contributed by atoms with Gasteiger partial charge in [0.05, 0.1) is 5.56 Å². The molecule has 2 heterocycles. The average molecular weight is 387 g/mol. The summed E-state index contributed by atoms with van der Waals surface area (Å²) in [6.45, 7) is 0. The molecule has 0 aliphatic rings. The molecule has 4 nitrogen and oxygen atoms in total. The maximum absolute atomic E-state index is 13.0. The first-order chi connectivity index (χ1) is 13.6. The molecular formula is C23H15ClN2O2. The second-order valence-corrected chi connectivity index (χ2v) is 6.67.